The standard InChI is InChI=1S/C14H16N2O3/c1-8(7-9-5-6-9)16-11-4-2-3-10(13(17)18)12(11)15-14(16)19/h2-4,8-9H,5-7H2,1H3,(H,15,19)(H,17,18). The summed E-state index contributed by atoms with van der Waals surface area (Å²) in [6, 6.07) is 5.08. The Labute approximate surface area is 109 Å². The number of carboxylic acids is 1. The van der Waals surface area contributed by atoms with E-state index in [-0.39, 0.29) is 17.3 Å². The van der Waals surface area contributed by atoms with Gasteiger partial charge in [0.25, 0.3) is 0 Å². The van der Waals surface area contributed by atoms with E-state index in [0.717, 1.165) is 12.3 Å². The number of carbonyl (C=O) groups is 1. The van der Waals surface area contributed by atoms with Gasteiger partial charge in [0.15, 0.2) is 0 Å². The number of para-hydroxylation sites is 1. The van der Waals surface area contributed by atoms with Crippen LogP contribution in [0.15, 0.2) is 23.0 Å². The summed E-state index contributed by atoms with van der Waals surface area (Å²) < 4.78 is 1.68. The van der Waals surface area contributed by atoms with Gasteiger partial charge in [-0.05, 0) is 31.4 Å². The normalized spacial score (nSPS) is 16.7. The highest BCUT2D eigenvalue weighted by Crippen LogP contribution is 2.37. The predicted molar refractivity (Wildman–Crippen MR) is 71.6 cm³/mol. The topological polar surface area (TPSA) is 75.1 Å². The fourth-order valence-electron chi connectivity index (χ4n) is 2.71. The third kappa shape index (κ3) is 2.05. The predicted octanol–water partition coefficient (Wildman–Crippen LogP) is 2.39. The van der Waals surface area contributed by atoms with Gasteiger partial charge in [-0.15, -0.1) is 0 Å². The van der Waals surface area contributed by atoms with Gasteiger partial charge in [0.2, 0.25) is 0 Å². The van der Waals surface area contributed by atoms with Gasteiger partial charge in [-0.25, -0.2) is 9.59 Å². The first-order valence-electron chi connectivity index (χ1n) is 6.54. The van der Waals surface area contributed by atoms with Crippen molar-refractivity contribution < 1.29 is 9.90 Å². The van der Waals surface area contributed by atoms with Crippen molar-refractivity contribution in [2.24, 2.45) is 5.92 Å². The second-order valence-corrected chi connectivity index (χ2v) is 5.33. The van der Waals surface area contributed by atoms with E-state index in [0.29, 0.717) is 11.0 Å². The van der Waals surface area contributed by atoms with Crippen LogP contribution in [0.4, 0.5) is 0 Å². The van der Waals surface area contributed by atoms with E-state index < -0.39 is 5.97 Å². The average Bonchev–Trinajstić information content (AvgIpc) is 3.08. The van der Waals surface area contributed by atoms with Crippen LogP contribution in [0.25, 0.3) is 11.0 Å². The summed E-state index contributed by atoms with van der Waals surface area (Å²) >= 11 is 0. The summed E-state index contributed by atoms with van der Waals surface area (Å²) in [5.74, 6) is -0.302. The van der Waals surface area contributed by atoms with Crippen LogP contribution in [0.2, 0.25) is 0 Å². The maximum atomic E-state index is 12.1. The Morgan fingerprint density at radius 1 is 1.53 bits per heavy atom. The largest absolute Gasteiger partial charge is 0.478 e. The molecular weight excluding hydrogens is 244 g/mol. The van der Waals surface area contributed by atoms with Gasteiger partial charge >= 0.3 is 11.7 Å². The minimum Gasteiger partial charge on any atom is -0.478 e. The lowest BCUT2D eigenvalue weighted by Gasteiger charge is -2.12. The van der Waals surface area contributed by atoms with Crippen LogP contribution in [0.3, 0.4) is 0 Å². The summed E-state index contributed by atoms with van der Waals surface area (Å²) in [4.78, 5) is 25.9. The first kappa shape index (κ1) is 12.0. The van der Waals surface area contributed by atoms with Gasteiger partial charge in [-0.2, -0.15) is 0 Å². The molecule has 1 aromatic carbocycles. The Hall–Kier alpha value is -2.04. The van der Waals surface area contributed by atoms with E-state index in [1.807, 2.05) is 6.92 Å². The van der Waals surface area contributed by atoms with E-state index in [4.69, 9.17) is 5.11 Å². The van der Waals surface area contributed by atoms with Gasteiger partial charge < -0.3 is 10.1 Å². The number of benzene rings is 1. The fourth-order valence-corrected chi connectivity index (χ4v) is 2.71. The van der Waals surface area contributed by atoms with E-state index in [2.05, 4.69) is 4.98 Å². The zero-order valence-corrected chi connectivity index (χ0v) is 10.7. The number of aromatic nitrogens is 2. The van der Waals surface area contributed by atoms with Crippen molar-refractivity contribution in [3.63, 3.8) is 0 Å². The second-order valence-electron chi connectivity index (χ2n) is 5.33. The monoisotopic (exact) mass is 260 g/mol. The molecular formula is C14H16N2O3. The van der Waals surface area contributed by atoms with E-state index in [1.54, 1.807) is 16.7 Å². The minimum absolute atomic E-state index is 0.0952. The number of H-pyrrole nitrogens is 1. The van der Waals surface area contributed by atoms with Crippen LogP contribution in [0.1, 0.15) is 42.6 Å². The number of nitrogens with one attached hydrogen (secondary N) is 1. The Morgan fingerprint density at radius 3 is 2.89 bits per heavy atom. The minimum atomic E-state index is -1.02. The molecule has 0 saturated heterocycles. The highest BCUT2D eigenvalue weighted by atomic mass is 16.4. The molecule has 1 aromatic heterocycles. The molecule has 1 unspecified atom stereocenters. The van der Waals surface area contributed by atoms with Crippen molar-refractivity contribution in [3.8, 4) is 0 Å². The van der Waals surface area contributed by atoms with E-state index in [1.165, 1.54) is 18.9 Å². The highest BCUT2D eigenvalue weighted by molar-refractivity contribution is 6.00. The number of hydrogen-bond donors (Lipinski definition) is 2. The van der Waals surface area contributed by atoms with Crippen LogP contribution in [0.5, 0.6) is 0 Å². The van der Waals surface area contributed by atoms with Gasteiger partial charge in [0.05, 0.1) is 16.6 Å². The Bertz CT molecular complexity index is 694. The van der Waals surface area contributed by atoms with E-state index in [9.17, 15) is 9.59 Å². The number of imidazole rings is 1. The number of hydrogen-bond acceptors (Lipinski definition) is 2. The highest BCUT2D eigenvalue weighted by Gasteiger charge is 2.26. The quantitative estimate of drug-likeness (QED) is 0.886. The molecule has 5 heteroatoms. The van der Waals surface area contributed by atoms with Crippen molar-refractivity contribution in [1.29, 1.82) is 0 Å². The molecule has 1 heterocycles. The first-order chi connectivity index (χ1) is 9.08. The summed E-state index contributed by atoms with van der Waals surface area (Å²) in [7, 11) is 0. The van der Waals surface area contributed by atoms with Crippen LogP contribution < -0.4 is 5.69 Å². The lowest BCUT2D eigenvalue weighted by atomic mass is 10.1. The molecule has 2 N–H and O–H groups in total. The van der Waals surface area contributed by atoms with Crippen LogP contribution in [0, 0.1) is 5.92 Å². The zero-order valence-electron chi connectivity index (χ0n) is 10.7. The summed E-state index contributed by atoms with van der Waals surface area (Å²) in [5, 5.41) is 9.15. The maximum Gasteiger partial charge on any atom is 0.337 e. The Kier molecular flexibility index (Phi) is 2.69. The molecule has 1 saturated carbocycles. The van der Waals surface area contributed by atoms with Crippen molar-refractivity contribution >= 4 is 17.0 Å². The Morgan fingerprint density at radius 2 is 2.26 bits per heavy atom. The molecule has 5 nitrogen and oxygen atoms in total. The second kappa shape index (κ2) is 4.26. The molecule has 1 atom stereocenters. The summed E-state index contributed by atoms with van der Waals surface area (Å²) in [6.45, 7) is 2.01. The van der Waals surface area contributed by atoms with Gasteiger partial charge in [0, 0.05) is 6.04 Å². The van der Waals surface area contributed by atoms with Crippen molar-refractivity contribution in [1.82, 2.24) is 9.55 Å². The van der Waals surface area contributed by atoms with Crippen LogP contribution in [-0.2, 0) is 0 Å². The van der Waals surface area contributed by atoms with Gasteiger partial charge in [-0.3, -0.25) is 4.57 Å². The van der Waals surface area contributed by atoms with Crippen LogP contribution >= 0.6 is 0 Å². The van der Waals surface area contributed by atoms with Crippen molar-refractivity contribution in [2.45, 2.75) is 32.2 Å². The number of carboxylic acid groups (broad SMARTS) is 1. The van der Waals surface area contributed by atoms with Crippen molar-refractivity contribution in [2.75, 3.05) is 0 Å². The smallest absolute Gasteiger partial charge is 0.337 e. The molecule has 0 amide bonds. The maximum absolute atomic E-state index is 12.1. The zero-order chi connectivity index (χ0) is 13.6. The molecule has 0 spiro atoms. The molecule has 3 rings (SSSR count). The van der Waals surface area contributed by atoms with E-state index >= 15 is 0 Å². The third-order valence-electron chi connectivity index (χ3n) is 3.80. The summed E-state index contributed by atoms with van der Waals surface area (Å²) in [5.41, 5.74) is 1.02. The molecule has 1 aliphatic rings. The fraction of sp³-hybridized carbons (Fsp3) is 0.429. The van der Waals surface area contributed by atoms with Gasteiger partial charge in [0.1, 0.15) is 0 Å². The molecule has 0 radical (unpaired) electrons. The average molecular weight is 260 g/mol. The lowest BCUT2D eigenvalue weighted by Crippen LogP contribution is -2.20. The summed E-state index contributed by atoms with van der Waals surface area (Å²) in [6.07, 6.45) is 3.45. The SMILES string of the molecule is CC(CC1CC1)n1c(=O)[nH]c2c(C(=O)O)cccc21. The number of fused-ring (bicyclic) bond motifs is 1. The molecule has 100 valence electrons. The first-order valence-corrected chi connectivity index (χ1v) is 6.54. The molecule has 0 aliphatic heterocycles. The Balaban J connectivity index is 2.13. The number of aromatic carboxylic acids is 1. The number of aromatic amines is 1. The van der Waals surface area contributed by atoms with Crippen molar-refractivity contribution in [3.05, 3.63) is 34.2 Å². The number of rotatable bonds is 4. The number of nitrogens with zero attached hydrogens (tertiary/aromatic N) is 1. The lowest BCUT2D eigenvalue weighted by molar-refractivity contribution is 0.0699. The van der Waals surface area contributed by atoms with Gasteiger partial charge in [-0.1, -0.05) is 18.9 Å². The third-order valence-corrected chi connectivity index (χ3v) is 3.80. The molecule has 1 aliphatic carbocycles. The van der Waals surface area contributed by atoms with Crippen LogP contribution in [-0.4, -0.2) is 20.6 Å². The molecule has 1 fully saturated rings. The molecule has 19 heavy (non-hydrogen) atoms. The molecule has 2 aromatic rings. The molecule has 0 bridgehead atoms.